The van der Waals surface area contributed by atoms with Gasteiger partial charge in [0.05, 0.1) is 5.92 Å². The number of hydrogen-bond donors (Lipinski definition) is 1. The molecule has 1 saturated heterocycles. The van der Waals surface area contributed by atoms with Gasteiger partial charge in [-0.05, 0) is 19.1 Å². The van der Waals surface area contributed by atoms with Gasteiger partial charge in [-0.1, -0.05) is 13.0 Å². The van der Waals surface area contributed by atoms with Gasteiger partial charge in [0.15, 0.2) is 0 Å². The first kappa shape index (κ1) is 13.8. The van der Waals surface area contributed by atoms with Crippen molar-refractivity contribution in [2.75, 3.05) is 31.1 Å². The van der Waals surface area contributed by atoms with Crippen molar-refractivity contribution in [3.63, 3.8) is 0 Å². The average molecular weight is 263 g/mol. The molecule has 0 aromatic carbocycles. The Morgan fingerprint density at radius 2 is 1.95 bits per heavy atom. The summed E-state index contributed by atoms with van der Waals surface area (Å²) in [6.07, 6.45) is 1.80. The van der Waals surface area contributed by atoms with E-state index in [4.69, 9.17) is 5.11 Å². The van der Waals surface area contributed by atoms with Crippen LogP contribution in [-0.2, 0) is 4.79 Å². The zero-order chi connectivity index (χ0) is 13.8. The Morgan fingerprint density at radius 1 is 1.26 bits per heavy atom. The molecule has 1 N–H and O–H groups in total. The van der Waals surface area contributed by atoms with Crippen LogP contribution in [0.4, 0.5) is 5.82 Å². The molecule has 5 heteroatoms. The average Bonchev–Trinajstić information content (AvgIpc) is 2.46. The van der Waals surface area contributed by atoms with Crippen LogP contribution in [0, 0.1) is 5.92 Å². The molecule has 0 bridgehead atoms. The molecule has 0 saturated carbocycles. The van der Waals surface area contributed by atoms with Gasteiger partial charge in [-0.2, -0.15) is 0 Å². The van der Waals surface area contributed by atoms with Gasteiger partial charge < -0.3 is 10.0 Å². The summed E-state index contributed by atoms with van der Waals surface area (Å²) in [7, 11) is 0. The first-order chi connectivity index (χ1) is 9.09. The lowest BCUT2D eigenvalue weighted by molar-refractivity contribution is -0.143. The molecule has 104 valence electrons. The second-order valence-corrected chi connectivity index (χ2v) is 5.08. The molecule has 1 aliphatic heterocycles. The van der Waals surface area contributed by atoms with Crippen molar-refractivity contribution in [3.8, 4) is 0 Å². The van der Waals surface area contributed by atoms with Gasteiger partial charge in [-0.25, -0.2) is 4.98 Å². The quantitative estimate of drug-likeness (QED) is 0.887. The molecule has 19 heavy (non-hydrogen) atoms. The zero-order valence-corrected chi connectivity index (χ0v) is 11.5. The molecular weight excluding hydrogens is 242 g/mol. The number of rotatable bonds is 4. The van der Waals surface area contributed by atoms with E-state index in [1.54, 1.807) is 13.1 Å². The minimum atomic E-state index is -0.723. The predicted octanol–water partition coefficient (Wildman–Crippen LogP) is 1.31. The lowest BCUT2D eigenvalue weighted by Gasteiger charge is -2.39. The number of pyridine rings is 1. The maximum atomic E-state index is 11.0. The van der Waals surface area contributed by atoms with Crippen molar-refractivity contribution in [2.45, 2.75) is 19.9 Å². The molecule has 2 unspecified atom stereocenters. The van der Waals surface area contributed by atoms with E-state index in [0.29, 0.717) is 0 Å². The molecule has 1 aromatic heterocycles. The van der Waals surface area contributed by atoms with Crippen molar-refractivity contribution >= 4 is 11.8 Å². The van der Waals surface area contributed by atoms with E-state index < -0.39 is 5.97 Å². The van der Waals surface area contributed by atoms with Gasteiger partial charge in [0.2, 0.25) is 0 Å². The first-order valence-electron chi connectivity index (χ1n) is 6.72. The molecule has 2 rings (SSSR count). The summed E-state index contributed by atoms with van der Waals surface area (Å²) in [4.78, 5) is 19.9. The molecule has 1 aromatic rings. The van der Waals surface area contributed by atoms with Crippen LogP contribution in [0.3, 0.4) is 0 Å². The third kappa shape index (κ3) is 3.23. The van der Waals surface area contributed by atoms with Crippen LogP contribution in [0.25, 0.3) is 0 Å². The van der Waals surface area contributed by atoms with Gasteiger partial charge in [-0.15, -0.1) is 0 Å². The Bertz CT molecular complexity index is 416. The largest absolute Gasteiger partial charge is 0.481 e. The zero-order valence-electron chi connectivity index (χ0n) is 11.5. The van der Waals surface area contributed by atoms with Crippen molar-refractivity contribution in [2.24, 2.45) is 5.92 Å². The summed E-state index contributed by atoms with van der Waals surface area (Å²) >= 11 is 0. The Kier molecular flexibility index (Phi) is 4.37. The van der Waals surface area contributed by atoms with Crippen molar-refractivity contribution < 1.29 is 9.90 Å². The van der Waals surface area contributed by atoms with E-state index in [1.807, 2.05) is 25.1 Å². The number of carbonyl (C=O) groups is 1. The summed E-state index contributed by atoms with van der Waals surface area (Å²) in [6, 6.07) is 5.99. The highest BCUT2D eigenvalue weighted by atomic mass is 16.4. The minimum Gasteiger partial charge on any atom is -0.481 e. The lowest BCUT2D eigenvalue weighted by atomic mass is 10.0. The molecule has 5 nitrogen and oxygen atoms in total. The molecule has 2 heterocycles. The van der Waals surface area contributed by atoms with Crippen LogP contribution in [0.15, 0.2) is 24.4 Å². The number of piperazine rings is 1. The topological polar surface area (TPSA) is 56.7 Å². The second-order valence-electron chi connectivity index (χ2n) is 5.08. The van der Waals surface area contributed by atoms with Crippen LogP contribution >= 0.6 is 0 Å². The smallest absolute Gasteiger partial charge is 0.307 e. The fourth-order valence-corrected chi connectivity index (χ4v) is 2.42. The molecule has 0 radical (unpaired) electrons. The van der Waals surface area contributed by atoms with Crippen LogP contribution in [-0.4, -0.2) is 53.2 Å². The maximum absolute atomic E-state index is 11.0. The summed E-state index contributed by atoms with van der Waals surface area (Å²) in [5.74, 6) is -0.0536. The van der Waals surface area contributed by atoms with E-state index in [9.17, 15) is 4.79 Å². The molecule has 0 aliphatic carbocycles. The number of anilines is 1. The van der Waals surface area contributed by atoms with Crippen molar-refractivity contribution in [3.05, 3.63) is 24.4 Å². The number of aliphatic carboxylic acids is 1. The highest BCUT2D eigenvalue weighted by Gasteiger charge is 2.28. The number of nitrogens with zero attached hydrogens (tertiary/aromatic N) is 3. The minimum absolute atomic E-state index is 0.0726. The van der Waals surface area contributed by atoms with Crippen LogP contribution in [0.1, 0.15) is 13.8 Å². The summed E-state index contributed by atoms with van der Waals surface area (Å²) in [6.45, 7) is 7.33. The van der Waals surface area contributed by atoms with E-state index in [1.165, 1.54) is 0 Å². The molecule has 1 fully saturated rings. The van der Waals surface area contributed by atoms with E-state index in [0.717, 1.165) is 32.0 Å². The predicted molar refractivity (Wildman–Crippen MR) is 74.3 cm³/mol. The molecule has 0 amide bonds. The van der Waals surface area contributed by atoms with Gasteiger partial charge in [0, 0.05) is 38.4 Å². The summed E-state index contributed by atoms with van der Waals surface area (Å²) in [5, 5.41) is 9.07. The standard InChI is InChI=1S/C14H21N3O2/c1-11(14(18)19)12(2)16-7-9-17(10-8-16)13-5-3-4-6-15-13/h3-6,11-12H,7-10H2,1-2H3,(H,18,19). The third-order valence-electron chi connectivity index (χ3n) is 3.98. The van der Waals surface area contributed by atoms with E-state index >= 15 is 0 Å². The fraction of sp³-hybridized carbons (Fsp3) is 0.571. The van der Waals surface area contributed by atoms with Gasteiger partial charge in [0.25, 0.3) is 0 Å². The number of aromatic nitrogens is 1. The van der Waals surface area contributed by atoms with Crippen molar-refractivity contribution in [1.29, 1.82) is 0 Å². The number of hydrogen-bond acceptors (Lipinski definition) is 4. The normalized spacial score (nSPS) is 20.0. The first-order valence-corrected chi connectivity index (χ1v) is 6.72. The van der Waals surface area contributed by atoms with Crippen LogP contribution in [0.5, 0.6) is 0 Å². The highest BCUT2D eigenvalue weighted by Crippen LogP contribution is 2.17. The molecule has 2 atom stereocenters. The summed E-state index contributed by atoms with van der Waals surface area (Å²) in [5.41, 5.74) is 0. The Labute approximate surface area is 113 Å². The van der Waals surface area contributed by atoms with Gasteiger partial charge >= 0.3 is 5.97 Å². The van der Waals surface area contributed by atoms with Crippen molar-refractivity contribution in [1.82, 2.24) is 9.88 Å². The fourth-order valence-electron chi connectivity index (χ4n) is 2.42. The van der Waals surface area contributed by atoms with Gasteiger partial charge in [0.1, 0.15) is 5.82 Å². The number of carboxylic acids is 1. The second kappa shape index (κ2) is 6.02. The highest BCUT2D eigenvalue weighted by molar-refractivity contribution is 5.70. The monoisotopic (exact) mass is 263 g/mol. The summed E-state index contributed by atoms with van der Waals surface area (Å²) < 4.78 is 0. The SMILES string of the molecule is CC(C(=O)O)C(C)N1CCN(c2ccccn2)CC1. The van der Waals surface area contributed by atoms with E-state index in [-0.39, 0.29) is 12.0 Å². The van der Waals surface area contributed by atoms with Crippen LogP contribution in [0.2, 0.25) is 0 Å². The van der Waals surface area contributed by atoms with Gasteiger partial charge in [-0.3, -0.25) is 9.69 Å². The molecular formula is C14H21N3O2. The Morgan fingerprint density at radius 3 is 2.47 bits per heavy atom. The van der Waals surface area contributed by atoms with E-state index in [2.05, 4.69) is 14.8 Å². The third-order valence-corrected chi connectivity index (χ3v) is 3.98. The molecule has 0 spiro atoms. The Balaban J connectivity index is 1.91. The maximum Gasteiger partial charge on any atom is 0.307 e. The van der Waals surface area contributed by atoms with Crippen LogP contribution < -0.4 is 4.90 Å². The Hall–Kier alpha value is -1.62. The lowest BCUT2D eigenvalue weighted by Crippen LogP contribution is -2.52. The number of carboxylic acid groups (broad SMARTS) is 1. The molecule has 1 aliphatic rings.